The Labute approximate surface area is 134 Å². The Morgan fingerprint density at radius 3 is 2.48 bits per heavy atom. The number of aromatic nitrogens is 2. The SMILES string of the molecule is Cc1cc(C)[n+]2c(n1)sc1cc(Br)ccc12.[O-][Cl+3]([O-])([O-])O. The molecule has 0 saturated carbocycles. The van der Waals surface area contributed by atoms with E-state index in [1.54, 1.807) is 11.3 Å². The topological polar surface area (TPSA) is 106 Å². The molecule has 21 heavy (non-hydrogen) atoms. The Morgan fingerprint density at radius 1 is 1.24 bits per heavy atom. The highest BCUT2D eigenvalue weighted by atomic mass is 79.9. The number of aryl methyl sites for hydroxylation is 2. The van der Waals surface area contributed by atoms with Crippen molar-refractivity contribution in [2.24, 2.45) is 0 Å². The first-order valence-corrected chi connectivity index (χ1v) is 8.54. The number of benzene rings is 1. The van der Waals surface area contributed by atoms with Crippen molar-refractivity contribution in [3.8, 4) is 0 Å². The van der Waals surface area contributed by atoms with Crippen molar-refractivity contribution in [1.82, 2.24) is 4.98 Å². The Kier molecular flexibility index (Phi) is 4.79. The molecule has 0 atom stereocenters. The van der Waals surface area contributed by atoms with Gasteiger partial charge in [0.2, 0.25) is 0 Å². The zero-order chi connectivity index (χ0) is 15.8. The molecular weight excluding hydrogens is 384 g/mol. The Bertz CT molecular complexity index is 797. The molecule has 9 heteroatoms. The lowest BCUT2D eigenvalue weighted by atomic mass is 10.3. The van der Waals surface area contributed by atoms with E-state index in [1.165, 1.54) is 15.9 Å². The molecule has 0 aliphatic heterocycles. The van der Waals surface area contributed by atoms with Gasteiger partial charge in [0, 0.05) is 17.5 Å². The zero-order valence-corrected chi connectivity index (χ0v) is 14.2. The highest BCUT2D eigenvalue weighted by Crippen LogP contribution is 2.24. The molecule has 0 saturated heterocycles. The van der Waals surface area contributed by atoms with Crippen LogP contribution in [0.5, 0.6) is 0 Å². The maximum absolute atomic E-state index is 8.60. The summed E-state index contributed by atoms with van der Waals surface area (Å²) >= 11 is 5.23. The van der Waals surface area contributed by atoms with Crippen molar-refractivity contribution in [1.29, 1.82) is 0 Å². The van der Waals surface area contributed by atoms with Gasteiger partial charge in [0.15, 0.2) is 11.2 Å². The average molecular weight is 395 g/mol. The van der Waals surface area contributed by atoms with E-state index >= 15 is 0 Å². The molecule has 6 nitrogen and oxygen atoms in total. The molecule has 0 aliphatic rings. The van der Waals surface area contributed by atoms with Crippen LogP contribution in [0.4, 0.5) is 0 Å². The molecule has 0 aliphatic carbocycles. The fraction of sp³-hybridized carbons (Fsp3) is 0.167. The highest BCUT2D eigenvalue weighted by molar-refractivity contribution is 9.10. The first-order chi connectivity index (χ1) is 9.65. The van der Waals surface area contributed by atoms with Gasteiger partial charge >= 0.3 is 4.96 Å². The van der Waals surface area contributed by atoms with E-state index < -0.39 is 10.2 Å². The number of halogens is 2. The minimum Gasteiger partial charge on any atom is -0.183 e. The Balaban J connectivity index is 0.000000282. The third-order valence-corrected chi connectivity index (χ3v) is 4.09. The zero-order valence-electron chi connectivity index (χ0n) is 11.0. The normalized spacial score (nSPS) is 11.6. The third kappa shape index (κ3) is 4.30. The van der Waals surface area contributed by atoms with Crippen LogP contribution in [0.3, 0.4) is 0 Å². The van der Waals surface area contributed by atoms with Gasteiger partial charge in [0.1, 0.15) is 5.69 Å². The highest BCUT2D eigenvalue weighted by Gasteiger charge is 2.16. The van der Waals surface area contributed by atoms with Crippen molar-refractivity contribution in [3.05, 3.63) is 40.1 Å². The van der Waals surface area contributed by atoms with Crippen molar-refractivity contribution >= 4 is 42.4 Å². The number of nitrogens with zero attached hydrogens (tertiary/aromatic N) is 2. The van der Waals surface area contributed by atoms with Gasteiger partial charge in [0.25, 0.3) is 0 Å². The molecule has 3 rings (SSSR count). The standard InChI is InChI=1S/C12H10BrN2S.ClHO4/c1-7-5-8(2)15-10-4-3-9(13)6-11(10)16-12(15)14-7;2-1(3,4)5/h3-6H,1-2H3;(H,2,3,4,5)/q+1;. The van der Waals surface area contributed by atoms with E-state index in [2.05, 4.69) is 56.5 Å². The molecule has 0 spiro atoms. The number of hydrogen-bond donors (Lipinski definition) is 1. The van der Waals surface area contributed by atoms with Crippen molar-refractivity contribution in [2.75, 3.05) is 0 Å². The van der Waals surface area contributed by atoms with Crippen LogP contribution < -0.4 is 18.4 Å². The maximum atomic E-state index is 8.60. The molecule has 0 fully saturated rings. The summed E-state index contributed by atoms with van der Waals surface area (Å²) in [6, 6.07) is 8.46. The van der Waals surface area contributed by atoms with Gasteiger partial charge in [-0.2, -0.15) is 18.4 Å². The molecule has 0 amide bonds. The van der Waals surface area contributed by atoms with E-state index in [9.17, 15) is 0 Å². The number of rotatable bonds is 0. The monoisotopic (exact) mass is 393 g/mol. The predicted octanol–water partition coefficient (Wildman–Crippen LogP) is -0.710. The quantitative estimate of drug-likeness (QED) is 0.507. The molecule has 1 aromatic carbocycles. The summed E-state index contributed by atoms with van der Waals surface area (Å²) in [6.45, 7) is 4.16. The molecule has 0 bridgehead atoms. The van der Waals surface area contributed by atoms with Crippen molar-refractivity contribution in [2.45, 2.75) is 13.8 Å². The summed E-state index contributed by atoms with van der Waals surface area (Å²) < 4.78 is 37.3. The maximum Gasteiger partial charge on any atom is 0.388 e. The summed E-state index contributed by atoms with van der Waals surface area (Å²) in [5.74, 6) is 0. The van der Waals surface area contributed by atoms with Crippen LogP contribution in [-0.4, -0.2) is 9.64 Å². The summed E-state index contributed by atoms with van der Waals surface area (Å²) in [4.78, 5) is 5.63. The number of hydrogen-bond acceptors (Lipinski definition) is 6. The lowest BCUT2D eigenvalue weighted by Gasteiger charge is -2.03. The minimum atomic E-state index is -4.69. The van der Waals surface area contributed by atoms with Gasteiger partial charge in [-0.1, -0.05) is 15.9 Å². The second kappa shape index (κ2) is 6.09. The molecule has 112 valence electrons. The van der Waals surface area contributed by atoms with Crippen LogP contribution in [-0.2, 0) is 0 Å². The second-order valence-corrected chi connectivity index (χ2v) is 6.98. The second-order valence-electron chi connectivity index (χ2n) is 4.27. The smallest absolute Gasteiger partial charge is 0.183 e. The van der Waals surface area contributed by atoms with Gasteiger partial charge in [-0.15, -0.1) is 0 Å². The van der Waals surface area contributed by atoms with E-state index in [1.807, 2.05) is 6.92 Å². The van der Waals surface area contributed by atoms with Gasteiger partial charge in [0.05, 0.1) is 19.6 Å². The molecule has 2 aromatic heterocycles. The fourth-order valence-electron chi connectivity index (χ4n) is 1.97. The molecule has 0 radical (unpaired) electrons. The van der Waals surface area contributed by atoms with Crippen LogP contribution in [0.2, 0.25) is 0 Å². The van der Waals surface area contributed by atoms with Crippen LogP contribution >= 0.6 is 27.3 Å². The van der Waals surface area contributed by atoms with E-state index in [0.717, 1.165) is 15.1 Å². The van der Waals surface area contributed by atoms with Crippen molar-refractivity contribution < 1.29 is 33.3 Å². The minimum absolute atomic E-state index is 1.06. The van der Waals surface area contributed by atoms with Gasteiger partial charge in [-0.05, 0) is 41.4 Å². The summed E-state index contributed by atoms with van der Waals surface area (Å²) in [5.41, 5.74) is 3.53. The largest absolute Gasteiger partial charge is 0.388 e. The van der Waals surface area contributed by atoms with E-state index in [4.69, 9.17) is 18.6 Å². The Morgan fingerprint density at radius 2 is 1.86 bits per heavy atom. The molecule has 1 N–H and O–H groups in total. The number of fused-ring (bicyclic) bond motifs is 3. The fourth-order valence-corrected chi connectivity index (χ4v) is 3.65. The van der Waals surface area contributed by atoms with Crippen LogP contribution in [0.15, 0.2) is 28.7 Å². The van der Waals surface area contributed by atoms with Gasteiger partial charge in [-0.25, -0.2) is 0 Å². The van der Waals surface area contributed by atoms with E-state index in [0.29, 0.717) is 0 Å². The molecule has 2 heterocycles. The van der Waals surface area contributed by atoms with Crippen LogP contribution in [0.25, 0.3) is 15.2 Å². The molecular formula is C12H11BrClN2O4S+. The first kappa shape index (κ1) is 16.5. The van der Waals surface area contributed by atoms with Gasteiger partial charge < -0.3 is 0 Å². The van der Waals surface area contributed by atoms with Crippen LogP contribution in [0.1, 0.15) is 11.4 Å². The number of thiazole rings is 1. The van der Waals surface area contributed by atoms with E-state index in [-0.39, 0.29) is 0 Å². The summed E-state index contributed by atoms with van der Waals surface area (Å²) in [5, 5.41) is 0. The first-order valence-electron chi connectivity index (χ1n) is 5.66. The summed E-state index contributed by atoms with van der Waals surface area (Å²) in [7, 11) is -4.69. The van der Waals surface area contributed by atoms with Crippen molar-refractivity contribution in [3.63, 3.8) is 0 Å². The molecule has 0 unspecified atom stereocenters. The third-order valence-electron chi connectivity index (χ3n) is 2.60. The summed E-state index contributed by atoms with van der Waals surface area (Å²) in [6.07, 6.45) is 0. The molecule has 3 aromatic rings. The lowest BCUT2D eigenvalue weighted by molar-refractivity contribution is -1.92. The average Bonchev–Trinajstić information content (AvgIpc) is 2.63. The van der Waals surface area contributed by atoms with Gasteiger partial charge in [-0.3, -0.25) is 0 Å². The predicted molar refractivity (Wildman–Crippen MR) is 72.2 cm³/mol. The Hall–Kier alpha value is -0.870. The van der Waals surface area contributed by atoms with Crippen LogP contribution in [0, 0.1) is 24.1 Å². The lowest BCUT2D eigenvalue weighted by Crippen LogP contribution is -2.58.